The van der Waals surface area contributed by atoms with Crippen LogP contribution < -0.4 is 5.32 Å². The fourth-order valence-corrected chi connectivity index (χ4v) is 2.49. The van der Waals surface area contributed by atoms with E-state index < -0.39 is 0 Å². The van der Waals surface area contributed by atoms with Crippen LogP contribution in [0.5, 0.6) is 0 Å². The largest absolute Gasteiger partial charge is 0.348 e. The van der Waals surface area contributed by atoms with Gasteiger partial charge in [0.1, 0.15) is 0 Å². The van der Waals surface area contributed by atoms with Crippen molar-refractivity contribution in [1.82, 2.24) is 5.32 Å². The molecule has 4 heteroatoms. The number of hydrogen-bond acceptors (Lipinski definition) is 2. The van der Waals surface area contributed by atoms with Crippen molar-refractivity contribution < 1.29 is 4.79 Å². The molecule has 0 aliphatic heterocycles. The monoisotopic (exact) mass is 315 g/mol. The highest BCUT2D eigenvalue weighted by molar-refractivity contribution is 9.10. The van der Waals surface area contributed by atoms with Crippen LogP contribution in [0.25, 0.3) is 0 Å². The molecule has 0 radical (unpaired) electrons. The van der Waals surface area contributed by atoms with Gasteiger partial charge in [0, 0.05) is 21.8 Å². The van der Waals surface area contributed by atoms with E-state index in [-0.39, 0.29) is 11.9 Å². The number of carbonyl (C=O) groups is 1. The first-order valence-electron chi connectivity index (χ1n) is 5.64. The summed E-state index contributed by atoms with van der Waals surface area (Å²) >= 11 is 5.19. The second-order valence-electron chi connectivity index (χ2n) is 4.00. The maximum Gasteiger partial charge on any atom is 0.251 e. The third-order valence-corrected chi connectivity index (χ3v) is 4.24. The fourth-order valence-electron chi connectivity index (χ4n) is 1.52. The van der Waals surface area contributed by atoms with Crippen molar-refractivity contribution in [2.75, 3.05) is 12.0 Å². The van der Waals surface area contributed by atoms with E-state index in [1.54, 1.807) is 11.8 Å². The number of rotatable bonds is 5. The SMILES string of the molecule is CCC(CSC)NC(=O)c1ccc(Br)c(C)c1. The summed E-state index contributed by atoms with van der Waals surface area (Å²) in [4.78, 5) is 12.0. The van der Waals surface area contributed by atoms with Crippen molar-refractivity contribution in [2.24, 2.45) is 0 Å². The molecule has 0 aromatic heterocycles. The first-order valence-corrected chi connectivity index (χ1v) is 7.83. The summed E-state index contributed by atoms with van der Waals surface area (Å²) in [5.41, 5.74) is 1.81. The molecule has 0 fully saturated rings. The van der Waals surface area contributed by atoms with Gasteiger partial charge in [-0.25, -0.2) is 0 Å². The third kappa shape index (κ3) is 4.36. The average Bonchev–Trinajstić information content (AvgIpc) is 2.31. The molecule has 2 nitrogen and oxygen atoms in total. The van der Waals surface area contributed by atoms with Crippen molar-refractivity contribution in [3.8, 4) is 0 Å². The second kappa shape index (κ2) is 7.07. The third-order valence-electron chi connectivity index (χ3n) is 2.62. The number of thioether (sulfide) groups is 1. The topological polar surface area (TPSA) is 29.1 Å². The minimum absolute atomic E-state index is 0.0153. The van der Waals surface area contributed by atoms with Crippen molar-refractivity contribution in [2.45, 2.75) is 26.3 Å². The standard InChI is InChI=1S/C13H18BrNOS/c1-4-11(8-17-3)15-13(16)10-5-6-12(14)9(2)7-10/h5-7,11H,4,8H2,1-3H3,(H,15,16). The van der Waals surface area contributed by atoms with Crippen LogP contribution in [0, 0.1) is 6.92 Å². The molecule has 1 aromatic carbocycles. The molecule has 1 unspecified atom stereocenters. The van der Waals surface area contributed by atoms with Gasteiger partial charge in [-0.2, -0.15) is 11.8 Å². The van der Waals surface area contributed by atoms with Crippen LogP contribution in [0.15, 0.2) is 22.7 Å². The van der Waals surface area contributed by atoms with Gasteiger partial charge in [0.2, 0.25) is 0 Å². The van der Waals surface area contributed by atoms with E-state index in [4.69, 9.17) is 0 Å². The number of carbonyl (C=O) groups excluding carboxylic acids is 1. The predicted octanol–water partition coefficient (Wildman–Crippen LogP) is 3.63. The minimum atomic E-state index is 0.0153. The Labute approximate surface area is 116 Å². The molecule has 1 rings (SSSR count). The summed E-state index contributed by atoms with van der Waals surface area (Å²) in [5, 5.41) is 3.06. The Balaban J connectivity index is 2.72. The van der Waals surface area contributed by atoms with Crippen molar-refractivity contribution in [1.29, 1.82) is 0 Å². The molecule has 0 aliphatic rings. The molecule has 0 bridgehead atoms. The number of benzene rings is 1. The summed E-state index contributed by atoms with van der Waals surface area (Å²) in [6.45, 7) is 4.08. The van der Waals surface area contributed by atoms with E-state index in [1.165, 1.54) is 0 Å². The zero-order chi connectivity index (χ0) is 12.8. The summed E-state index contributed by atoms with van der Waals surface area (Å²) in [5.74, 6) is 0.971. The molecule has 0 spiro atoms. The lowest BCUT2D eigenvalue weighted by atomic mass is 10.1. The smallest absolute Gasteiger partial charge is 0.251 e. The molecule has 1 N–H and O–H groups in total. The van der Waals surface area contributed by atoms with Crippen molar-refractivity contribution >= 4 is 33.6 Å². The number of hydrogen-bond donors (Lipinski definition) is 1. The average molecular weight is 316 g/mol. The molecule has 17 heavy (non-hydrogen) atoms. The van der Waals surface area contributed by atoms with Crippen LogP contribution in [-0.2, 0) is 0 Å². The molecule has 1 aromatic rings. The molecule has 1 amide bonds. The van der Waals surface area contributed by atoms with E-state index in [0.717, 1.165) is 27.8 Å². The number of aryl methyl sites for hydroxylation is 1. The Bertz CT molecular complexity index is 395. The van der Waals surface area contributed by atoms with Crippen LogP contribution >= 0.6 is 27.7 Å². The van der Waals surface area contributed by atoms with Gasteiger partial charge in [-0.1, -0.05) is 22.9 Å². The van der Waals surface area contributed by atoms with Crippen LogP contribution in [0.3, 0.4) is 0 Å². The quantitative estimate of drug-likeness (QED) is 0.899. The lowest BCUT2D eigenvalue weighted by Crippen LogP contribution is -2.36. The van der Waals surface area contributed by atoms with Gasteiger partial charge in [-0.05, 0) is 43.4 Å². The van der Waals surface area contributed by atoms with Crippen LogP contribution in [0.4, 0.5) is 0 Å². The van der Waals surface area contributed by atoms with Gasteiger partial charge in [0.25, 0.3) is 5.91 Å². The van der Waals surface area contributed by atoms with E-state index in [0.29, 0.717) is 0 Å². The summed E-state index contributed by atoms with van der Waals surface area (Å²) in [6, 6.07) is 5.92. The summed E-state index contributed by atoms with van der Waals surface area (Å²) in [7, 11) is 0. The van der Waals surface area contributed by atoms with Crippen molar-refractivity contribution in [3.05, 3.63) is 33.8 Å². The maximum atomic E-state index is 12.0. The zero-order valence-electron chi connectivity index (χ0n) is 10.4. The Morgan fingerprint density at radius 2 is 2.24 bits per heavy atom. The minimum Gasteiger partial charge on any atom is -0.348 e. The van der Waals surface area contributed by atoms with Gasteiger partial charge in [0.05, 0.1) is 0 Å². The molecule has 0 heterocycles. The highest BCUT2D eigenvalue weighted by Gasteiger charge is 2.12. The second-order valence-corrected chi connectivity index (χ2v) is 5.76. The molecular weight excluding hydrogens is 298 g/mol. The number of nitrogens with one attached hydrogen (secondary N) is 1. The highest BCUT2D eigenvalue weighted by Crippen LogP contribution is 2.17. The summed E-state index contributed by atoms with van der Waals surface area (Å²) in [6.07, 6.45) is 3.01. The fraction of sp³-hybridized carbons (Fsp3) is 0.462. The van der Waals surface area contributed by atoms with E-state index in [1.807, 2.05) is 25.1 Å². The Morgan fingerprint density at radius 3 is 2.76 bits per heavy atom. The van der Waals surface area contributed by atoms with Gasteiger partial charge in [-0.3, -0.25) is 4.79 Å². The maximum absolute atomic E-state index is 12.0. The summed E-state index contributed by atoms with van der Waals surface area (Å²) < 4.78 is 1.03. The van der Waals surface area contributed by atoms with Crippen LogP contribution in [0.2, 0.25) is 0 Å². The molecular formula is C13H18BrNOS. The van der Waals surface area contributed by atoms with Crippen LogP contribution in [0.1, 0.15) is 29.3 Å². The molecule has 1 atom stereocenters. The lowest BCUT2D eigenvalue weighted by Gasteiger charge is -2.16. The first kappa shape index (κ1) is 14.6. The number of halogens is 1. The van der Waals surface area contributed by atoms with Gasteiger partial charge >= 0.3 is 0 Å². The Kier molecular flexibility index (Phi) is 6.06. The molecule has 94 valence electrons. The lowest BCUT2D eigenvalue weighted by molar-refractivity contribution is 0.0940. The van der Waals surface area contributed by atoms with Crippen LogP contribution in [-0.4, -0.2) is 24.0 Å². The Morgan fingerprint density at radius 1 is 1.53 bits per heavy atom. The van der Waals surface area contributed by atoms with E-state index in [2.05, 4.69) is 34.4 Å². The van der Waals surface area contributed by atoms with Gasteiger partial charge < -0.3 is 5.32 Å². The zero-order valence-corrected chi connectivity index (χ0v) is 12.8. The van der Waals surface area contributed by atoms with E-state index >= 15 is 0 Å². The molecule has 0 aliphatic carbocycles. The first-order chi connectivity index (χ1) is 8.08. The van der Waals surface area contributed by atoms with Gasteiger partial charge in [0.15, 0.2) is 0 Å². The normalized spacial score (nSPS) is 12.2. The predicted molar refractivity (Wildman–Crippen MR) is 78.8 cm³/mol. The Hall–Kier alpha value is -0.480. The van der Waals surface area contributed by atoms with Crippen molar-refractivity contribution in [3.63, 3.8) is 0 Å². The van der Waals surface area contributed by atoms with E-state index in [9.17, 15) is 4.79 Å². The molecule has 0 saturated heterocycles. The highest BCUT2D eigenvalue weighted by atomic mass is 79.9. The van der Waals surface area contributed by atoms with Gasteiger partial charge in [-0.15, -0.1) is 0 Å². The number of amides is 1. The molecule has 0 saturated carbocycles.